The molecule has 0 unspecified atom stereocenters. The average molecular weight is 525 g/mol. The van der Waals surface area contributed by atoms with Gasteiger partial charge in [0.1, 0.15) is 5.84 Å². The molecular formula is C25H28N6O5S. The Balaban J connectivity index is 1.79. The minimum Gasteiger partial charge on any atom is -0.466 e. The highest BCUT2D eigenvalue weighted by atomic mass is 32.2. The summed E-state index contributed by atoms with van der Waals surface area (Å²) in [5, 5.41) is 16.9. The molecule has 11 nitrogen and oxygen atoms in total. The number of urea groups is 1. The predicted molar refractivity (Wildman–Crippen MR) is 141 cm³/mol. The molecule has 0 saturated heterocycles. The summed E-state index contributed by atoms with van der Waals surface area (Å²) in [5.74, 6) is -0.590. The summed E-state index contributed by atoms with van der Waals surface area (Å²) >= 11 is 0. The summed E-state index contributed by atoms with van der Waals surface area (Å²) in [6, 6.07) is 19.0. The van der Waals surface area contributed by atoms with Crippen LogP contribution in [0.1, 0.15) is 18.9 Å². The fourth-order valence-electron chi connectivity index (χ4n) is 3.43. The van der Waals surface area contributed by atoms with E-state index in [1.165, 1.54) is 11.1 Å². The largest absolute Gasteiger partial charge is 0.466 e. The number of sulfonamides is 1. The third-order valence-electron chi connectivity index (χ3n) is 5.17. The van der Waals surface area contributed by atoms with E-state index in [0.717, 1.165) is 0 Å². The Bertz CT molecular complexity index is 1390. The number of nitrogens with two attached hydrogens (primary N) is 2. The first-order valence-corrected chi connectivity index (χ1v) is 12.8. The SMILES string of the molecule is CCOC(=O)CCN(Nc1cccc(C(=N)N)c1)C(=O)Nc1ccc(-c2ccccc2S(N)(=O)=O)cc1. The number of carbonyl (C=O) groups excluding carboxylic acids is 2. The minimum atomic E-state index is -3.92. The van der Waals surface area contributed by atoms with Crippen molar-refractivity contribution in [2.75, 3.05) is 23.9 Å². The molecule has 7 N–H and O–H groups in total. The van der Waals surface area contributed by atoms with Gasteiger partial charge in [-0.25, -0.2) is 23.4 Å². The monoisotopic (exact) mass is 524 g/mol. The maximum Gasteiger partial charge on any atom is 0.340 e. The Labute approximate surface area is 214 Å². The molecule has 0 bridgehead atoms. The van der Waals surface area contributed by atoms with Gasteiger partial charge in [-0.2, -0.15) is 0 Å². The molecule has 0 aliphatic rings. The van der Waals surface area contributed by atoms with Crippen molar-refractivity contribution in [2.45, 2.75) is 18.2 Å². The first kappa shape index (κ1) is 27.2. The molecule has 3 rings (SSSR count). The molecule has 0 fully saturated rings. The van der Waals surface area contributed by atoms with Crippen molar-refractivity contribution >= 4 is 39.2 Å². The van der Waals surface area contributed by atoms with Crippen LogP contribution < -0.4 is 21.6 Å². The van der Waals surface area contributed by atoms with E-state index in [0.29, 0.717) is 28.1 Å². The zero-order valence-corrected chi connectivity index (χ0v) is 20.9. The lowest BCUT2D eigenvalue weighted by Crippen LogP contribution is -2.41. The molecule has 0 spiro atoms. The van der Waals surface area contributed by atoms with Gasteiger partial charge in [-0.1, -0.05) is 42.5 Å². The second-order valence-electron chi connectivity index (χ2n) is 7.86. The van der Waals surface area contributed by atoms with Crippen LogP contribution in [0.4, 0.5) is 16.2 Å². The molecule has 0 atom stereocenters. The molecule has 0 heterocycles. The van der Waals surface area contributed by atoms with E-state index < -0.39 is 22.0 Å². The Hall–Kier alpha value is -4.42. The second-order valence-corrected chi connectivity index (χ2v) is 9.39. The van der Waals surface area contributed by atoms with Crippen LogP contribution in [0.3, 0.4) is 0 Å². The summed E-state index contributed by atoms with van der Waals surface area (Å²) in [6.07, 6.45) is -0.0516. The number of amidine groups is 1. The fourth-order valence-corrected chi connectivity index (χ4v) is 4.19. The zero-order valence-electron chi connectivity index (χ0n) is 20.1. The molecule has 37 heavy (non-hydrogen) atoms. The third kappa shape index (κ3) is 7.53. The van der Waals surface area contributed by atoms with Crippen LogP contribution in [-0.2, 0) is 19.6 Å². The third-order valence-corrected chi connectivity index (χ3v) is 6.14. The first-order valence-electron chi connectivity index (χ1n) is 11.3. The number of primary sulfonamides is 1. The molecule has 3 aromatic rings. The van der Waals surface area contributed by atoms with Crippen molar-refractivity contribution in [2.24, 2.45) is 10.9 Å². The number of benzene rings is 3. The lowest BCUT2D eigenvalue weighted by Gasteiger charge is -2.25. The average Bonchev–Trinajstić information content (AvgIpc) is 2.86. The van der Waals surface area contributed by atoms with Crippen LogP contribution in [-0.4, -0.2) is 44.4 Å². The van der Waals surface area contributed by atoms with Gasteiger partial charge in [0.05, 0.1) is 30.2 Å². The predicted octanol–water partition coefficient (Wildman–Crippen LogP) is 3.10. The molecule has 0 aliphatic carbocycles. The van der Waals surface area contributed by atoms with E-state index in [2.05, 4.69) is 10.7 Å². The number of carbonyl (C=O) groups is 2. The zero-order chi connectivity index (χ0) is 27.0. The van der Waals surface area contributed by atoms with Gasteiger partial charge < -0.3 is 15.8 Å². The normalized spacial score (nSPS) is 10.9. The molecule has 0 saturated carbocycles. The topological polar surface area (TPSA) is 181 Å². The van der Waals surface area contributed by atoms with Gasteiger partial charge in [0, 0.05) is 16.8 Å². The molecular weight excluding hydrogens is 496 g/mol. The summed E-state index contributed by atoms with van der Waals surface area (Å²) in [5.41, 5.74) is 10.9. The highest BCUT2D eigenvalue weighted by Crippen LogP contribution is 2.27. The van der Waals surface area contributed by atoms with Gasteiger partial charge in [-0.05, 0) is 42.8 Å². The lowest BCUT2D eigenvalue weighted by molar-refractivity contribution is -0.143. The number of ether oxygens (including phenoxy) is 1. The summed E-state index contributed by atoms with van der Waals surface area (Å²) in [4.78, 5) is 25.0. The number of hydrazine groups is 1. The molecule has 2 amide bonds. The number of nitrogen functional groups attached to an aromatic ring is 1. The lowest BCUT2D eigenvalue weighted by atomic mass is 10.1. The number of nitrogens with zero attached hydrogens (tertiary/aromatic N) is 1. The van der Waals surface area contributed by atoms with Gasteiger partial charge in [0.15, 0.2) is 0 Å². The van der Waals surface area contributed by atoms with E-state index >= 15 is 0 Å². The highest BCUT2D eigenvalue weighted by molar-refractivity contribution is 7.89. The van der Waals surface area contributed by atoms with Crippen LogP contribution in [0.25, 0.3) is 11.1 Å². The number of esters is 1. The van der Waals surface area contributed by atoms with E-state index in [1.807, 2.05) is 0 Å². The number of nitrogens with one attached hydrogen (secondary N) is 3. The quantitative estimate of drug-likeness (QED) is 0.117. The van der Waals surface area contributed by atoms with E-state index in [9.17, 15) is 18.0 Å². The number of amides is 2. The van der Waals surface area contributed by atoms with Crippen LogP contribution in [0.2, 0.25) is 0 Å². The molecule has 12 heteroatoms. The first-order chi connectivity index (χ1) is 17.6. The van der Waals surface area contributed by atoms with Gasteiger partial charge in [0.2, 0.25) is 10.0 Å². The Kier molecular flexibility index (Phi) is 8.82. The van der Waals surface area contributed by atoms with Crippen molar-refractivity contribution in [1.29, 1.82) is 5.41 Å². The van der Waals surface area contributed by atoms with Crippen molar-refractivity contribution in [1.82, 2.24) is 5.01 Å². The maximum absolute atomic E-state index is 13.1. The van der Waals surface area contributed by atoms with Crippen molar-refractivity contribution < 1.29 is 22.7 Å². The van der Waals surface area contributed by atoms with Crippen LogP contribution in [0, 0.1) is 5.41 Å². The van der Waals surface area contributed by atoms with Gasteiger partial charge in [-0.3, -0.25) is 15.6 Å². The number of rotatable bonds is 10. The van der Waals surface area contributed by atoms with Crippen molar-refractivity contribution in [3.05, 3.63) is 78.4 Å². The molecule has 0 radical (unpaired) electrons. The van der Waals surface area contributed by atoms with E-state index in [1.54, 1.807) is 73.7 Å². The second kappa shape index (κ2) is 12.0. The highest BCUT2D eigenvalue weighted by Gasteiger charge is 2.18. The summed E-state index contributed by atoms with van der Waals surface area (Å²) in [7, 11) is -3.92. The Morgan fingerprint density at radius 3 is 2.35 bits per heavy atom. The van der Waals surface area contributed by atoms with Gasteiger partial charge in [-0.15, -0.1) is 0 Å². The van der Waals surface area contributed by atoms with Crippen LogP contribution in [0.15, 0.2) is 77.7 Å². The van der Waals surface area contributed by atoms with Crippen molar-refractivity contribution in [3.8, 4) is 11.1 Å². The number of anilines is 2. The standard InChI is InChI=1S/C25H28N6O5S/c1-2-36-23(32)14-15-31(30-20-7-5-6-18(16-20)24(26)27)25(33)29-19-12-10-17(11-13-19)21-8-3-4-9-22(21)37(28,34)35/h3-13,16,30H,2,14-15H2,1H3,(H3,26,27)(H,29,33)(H2,28,34,35). The van der Waals surface area contributed by atoms with Crippen molar-refractivity contribution in [3.63, 3.8) is 0 Å². The Morgan fingerprint density at radius 1 is 1.00 bits per heavy atom. The fraction of sp³-hybridized carbons (Fsp3) is 0.160. The van der Waals surface area contributed by atoms with E-state index in [4.69, 9.17) is 21.0 Å². The summed E-state index contributed by atoms with van der Waals surface area (Å²) in [6.45, 7) is 1.91. The molecule has 0 aromatic heterocycles. The smallest absolute Gasteiger partial charge is 0.340 e. The molecule has 0 aliphatic heterocycles. The number of hydrogen-bond donors (Lipinski definition) is 5. The maximum atomic E-state index is 13.1. The Morgan fingerprint density at radius 2 is 1.70 bits per heavy atom. The van der Waals surface area contributed by atoms with Crippen LogP contribution >= 0.6 is 0 Å². The van der Waals surface area contributed by atoms with Gasteiger partial charge in [0.25, 0.3) is 0 Å². The molecule has 194 valence electrons. The van der Waals surface area contributed by atoms with E-state index in [-0.39, 0.29) is 30.3 Å². The summed E-state index contributed by atoms with van der Waals surface area (Å²) < 4.78 is 28.8. The minimum absolute atomic E-state index is 0.00517. The van der Waals surface area contributed by atoms with Crippen LogP contribution in [0.5, 0.6) is 0 Å². The number of hydrogen-bond acceptors (Lipinski definition) is 7. The molecule has 3 aromatic carbocycles. The van der Waals surface area contributed by atoms with Gasteiger partial charge >= 0.3 is 12.0 Å².